The van der Waals surface area contributed by atoms with Crippen LogP contribution in [0.1, 0.15) is 113 Å². The first-order valence-corrected chi connectivity index (χ1v) is 26.5. The predicted molar refractivity (Wildman–Crippen MR) is 304 cm³/mol. The molecule has 6 amide bonds. The van der Waals surface area contributed by atoms with Crippen molar-refractivity contribution >= 4 is 35.8 Å². The summed E-state index contributed by atoms with van der Waals surface area (Å²) in [6.07, 6.45) is 1.27. The van der Waals surface area contributed by atoms with Crippen molar-refractivity contribution in [2.75, 3.05) is 13.1 Å². The van der Waals surface area contributed by atoms with Crippen LogP contribution in [0.4, 0.5) is 9.59 Å². The van der Waals surface area contributed by atoms with E-state index in [2.05, 4.69) is 21.3 Å². The predicted octanol–water partition coefficient (Wildman–Crippen LogP) is 10.6. The molecule has 0 aliphatic rings. The highest BCUT2D eigenvalue weighted by molar-refractivity contribution is 5.88. The average Bonchev–Trinajstić information content (AvgIpc) is 3.47. The van der Waals surface area contributed by atoms with Crippen LogP contribution in [0.3, 0.4) is 0 Å². The van der Waals surface area contributed by atoms with Gasteiger partial charge in [0.25, 0.3) is 0 Å². The van der Waals surface area contributed by atoms with E-state index in [0.717, 1.165) is 43.2 Å². The molecule has 78 heavy (non-hydrogen) atoms. The van der Waals surface area contributed by atoms with Gasteiger partial charge in [0, 0.05) is 37.0 Å². The molecule has 2 atom stereocenters. The Labute approximate surface area is 459 Å². The molecule has 14 nitrogen and oxygen atoms in total. The normalized spacial score (nSPS) is 12.6. The second-order valence-electron chi connectivity index (χ2n) is 21.2. The summed E-state index contributed by atoms with van der Waals surface area (Å²) in [5.41, 5.74) is 0.756. The van der Waals surface area contributed by atoms with Crippen LogP contribution in [0.15, 0.2) is 194 Å². The first kappa shape index (κ1) is 58.7. The molecule has 0 fully saturated rings. The van der Waals surface area contributed by atoms with Crippen LogP contribution in [0.25, 0.3) is 0 Å². The molecule has 6 rings (SSSR count). The Morgan fingerprint density at radius 2 is 0.641 bits per heavy atom. The molecule has 0 spiro atoms. The van der Waals surface area contributed by atoms with Crippen molar-refractivity contribution in [3.05, 3.63) is 228 Å². The van der Waals surface area contributed by atoms with Crippen molar-refractivity contribution in [1.29, 1.82) is 0 Å². The lowest BCUT2D eigenvalue weighted by Gasteiger charge is -2.39. The lowest BCUT2D eigenvalue weighted by molar-refractivity contribution is -0.130. The number of rotatable bonds is 24. The third-order valence-corrected chi connectivity index (χ3v) is 13.7. The maximum absolute atomic E-state index is 14.3. The summed E-state index contributed by atoms with van der Waals surface area (Å²) in [6.45, 7) is 10.5. The SMILES string of the molecule is CC(C)(C)N(C(=O)O)[C@@H](CCC(=O)NC(c1ccccc1)(c1ccccc1)c1ccccc1)C(=O)NCC/C=C/CCNC(=O)[C@H](CCC(=O)NC(c1ccccc1)(c1ccccc1)c1ccccc1)N(C(=O)O)C(C)(C)C. The molecule has 14 heteroatoms. The van der Waals surface area contributed by atoms with E-state index in [1.54, 1.807) is 41.5 Å². The van der Waals surface area contributed by atoms with Crippen LogP contribution in [0, 0.1) is 0 Å². The Morgan fingerprint density at radius 3 is 0.846 bits per heavy atom. The number of carbonyl (C=O) groups is 6. The minimum absolute atomic E-state index is 0.0960. The van der Waals surface area contributed by atoms with E-state index >= 15 is 0 Å². The van der Waals surface area contributed by atoms with Gasteiger partial charge in [-0.15, -0.1) is 0 Å². The molecule has 0 bridgehead atoms. The van der Waals surface area contributed by atoms with Gasteiger partial charge in [0.15, 0.2) is 0 Å². The summed E-state index contributed by atoms with van der Waals surface area (Å²) in [6, 6.07) is 55.3. The van der Waals surface area contributed by atoms with Crippen molar-refractivity contribution in [2.24, 2.45) is 0 Å². The topological polar surface area (TPSA) is 197 Å². The summed E-state index contributed by atoms with van der Waals surface area (Å²) < 4.78 is 0. The minimum Gasteiger partial charge on any atom is -0.465 e. The Kier molecular flexibility index (Phi) is 20.3. The third kappa shape index (κ3) is 14.7. The lowest BCUT2D eigenvalue weighted by Crippen LogP contribution is -2.57. The molecule has 0 saturated heterocycles. The van der Waals surface area contributed by atoms with E-state index in [4.69, 9.17) is 0 Å². The van der Waals surface area contributed by atoms with Gasteiger partial charge in [0.05, 0.1) is 0 Å². The van der Waals surface area contributed by atoms with Gasteiger partial charge in [-0.05, 0) is 101 Å². The van der Waals surface area contributed by atoms with Crippen molar-refractivity contribution in [3.8, 4) is 0 Å². The van der Waals surface area contributed by atoms with Gasteiger partial charge < -0.3 is 31.5 Å². The van der Waals surface area contributed by atoms with E-state index in [9.17, 15) is 39.0 Å². The first-order valence-electron chi connectivity index (χ1n) is 26.5. The molecule has 0 unspecified atom stereocenters. The summed E-state index contributed by atoms with van der Waals surface area (Å²) in [5, 5.41) is 33.3. The molecular weight excluding hydrogens is 981 g/mol. The van der Waals surface area contributed by atoms with E-state index in [0.29, 0.717) is 12.8 Å². The van der Waals surface area contributed by atoms with Crippen molar-refractivity contribution in [3.63, 3.8) is 0 Å². The molecule has 0 aromatic heterocycles. The van der Waals surface area contributed by atoms with Gasteiger partial charge in [-0.25, -0.2) is 9.59 Å². The maximum Gasteiger partial charge on any atom is 0.408 e. The van der Waals surface area contributed by atoms with Crippen LogP contribution >= 0.6 is 0 Å². The van der Waals surface area contributed by atoms with Gasteiger partial charge in [-0.1, -0.05) is 194 Å². The lowest BCUT2D eigenvalue weighted by atomic mass is 9.77. The second-order valence-corrected chi connectivity index (χ2v) is 21.2. The molecular formula is C64H74N6O8. The van der Waals surface area contributed by atoms with E-state index in [1.165, 1.54) is 0 Å². The van der Waals surface area contributed by atoms with Gasteiger partial charge in [0.2, 0.25) is 23.6 Å². The fraction of sp³-hybridized carbons (Fsp3) is 0.312. The summed E-state index contributed by atoms with van der Waals surface area (Å²) in [4.78, 5) is 84.4. The number of hydrogen-bond acceptors (Lipinski definition) is 6. The summed E-state index contributed by atoms with van der Waals surface area (Å²) in [7, 11) is 0. The Hall–Kier alpha value is -8.52. The van der Waals surface area contributed by atoms with Gasteiger partial charge >= 0.3 is 12.2 Å². The molecule has 6 aromatic rings. The molecule has 6 N–H and O–H groups in total. The average molecular weight is 1060 g/mol. The van der Waals surface area contributed by atoms with Gasteiger partial charge in [0.1, 0.15) is 23.2 Å². The monoisotopic (exact) mass is 1050 g/mol. The third-order valence-electron chi connectivity index (χ3n) is 13.7. The highest BCUT2D eigenvalue weighted by atomic mass is 16.4. The molecule has 6 aromatic carbocycles. The van der Waals surface area contributed by atoms with Crippen LogP contribution in [-0.4, -0.2) is 92.1 Å². The van der Waals surface area contributed by atoms with Crippen molar-refractivity contribution < 1.29 is 39.0 Å². The van der Waals surface area contributed by atoms with E-state index in [1.807, 2.05) is 194 Å². The highest BCUT2D eigenvalue weighted by Crippen LogP contribution is 2.39. The molecule has 0 aliphatic heterocycles. The van der Waals surface area contributed by atoms with Crippen molar-refractivity contribution in [1.82, 2.24) is 31.1 Å². The molecule has 0 radical (unpaired) electrons. The number of nitrogens with one attached hydrogen (secondary N) is 4. The number of nitrogens with zero attached hydrogens (tertiary/aromatic N) is 2. The highest BCUT2D eigenvalue weighted by Gasteiger charge is 2.42. The largest absolute Gasteiger partial charge is 0.465 e. The molecule has 0 heterocycles. The Morgan fingerprint density at radius 1 is 0.410 bits per heavy atom. The standard InChI is InChI=1S/C64H74N6O8/c1-61(2,3)69(59(75)76)53(41-43-55(71)67-63(47-29-15-9-16-30-47,48-31-17-10-18-32-48)49-33-19-11-20-34-49)57(73)65-45-27-7-8-28-46-66-58(74)54(70(60(77)78)62(4,5)6)42-44-56(72)68-64(50-35-21-12-22-36-50,51-37-23-13-24-38-51)52-39-25-14-26-40-52/h7-26,29-40,53-54H,27-28,41-46H2,1-6H3,(H,65,73)(H,66,74)(H,67,71)(H,68,72)(H,75,76)(H,77,78)/b8-7+/t53-,54-/m0/s1. The number of amides is 6. The molecule has 0 saturated carbocycles. The summed E-state index contributed by atoms with van der Waals surface area (Å²) in [5.74, 6) is -1.85. The number of hydrogen-bond donors (Lipinski definition) is 6. The maximum atomic E-state index is 14.3. The molecule has 0 aliphatic carbocycles. The first-order chi connectivity index (χ1) is 37.3. The molecule has 408 valence electrons. The van der Waals surface area contributed by atoms with E-state index < -0.39 is 58.2 Å². The fourth-order valence-electron chi connectivity index (χ4n) is 10.2. The number of benzene rings is 6. The van der Waals surface area contributed by atoms with Gasteiger partial charge in [-0.2, -0.15) is 0 Å². The fourth-order valence-corrected chi connectivity index (χ4v) is 10.2. The van der Waals surface area contributed by atoms with Crippen molar-refractivity contribution in [2.45, 2.75) is 114 Å². The van der Waals surface area contributed by atoms with Crippen LogP contribution in [-0.2, 0) is 30.3 Å². The van der Waals surface area contributed by atoms with Crippen LogP contribution in [0.2, 0.25) is 0 Å². The quantitative estimate of drug-likeness (QED) is 0.0196. The summed E-state index contributed by atoms with van der Waals surface area (Å²) >= 11 is 0. The van der Waals surface area contributed by atoms with Gasteiger partial charge in [-0.3, -0.25) is 29.0 Å². The Bertz CT molecular complexity index is 2540. The second kappa shape index (κ2) is 27.0. The smallest absolute Gasteiger partial charge is 0.408 e. The zero-order valence-corrected chi connectivity index (χ0v) is 45.5. The van der Waals surface area contributed by atoms with Crippen LogP contribution in [0.5, 0.6) is 0 Å². The Balaban J connectivity index is 1.09. The minimum atomic E-state index is -1.30. The number of carboxylic acid groups (broad SMARTS) is 2. The zero-order chi connectivity index (χ0) is 56.4. The number of carbonyl (C=O) groups excluding carboxylic acids is 4. The zero-order valence-electron chi connectivity index (χ0n) is 45.5. The van der Waals surface area contributed by atoms with Crippen LogP contribution < -0.4 is 21.3 Å². The van der Waals surface area contributed by atoms with E-state index in [-0.39, 0.29) is 50.6 Å².